The predicted octanol–water partition coefficient (Wildman–Crippen LogP) is 4.51. The summed E-state index contributed by atoms with van der Waals surface area (Å²) in [5, 5.41) is 4.58. The Balaban J connectivity index is 1.08. The zero-order valence-electron chi connectivity index (χ0n) is 18.3. The molecule has 0 spiro atoms. The minimum atomic E-state index is 0.0216. The molecule has 5 heteroatoms. The molecule has 0 saturated heterocycles. The van der Waals surface area contributed by atoms with Gasteiger partial charge in [-0.15, -0.1) is 0 Å². The van der Waals surface area contributed by atoms with Gasteiger partial charge >= 0.3 is 0 Å². The molecule has 3 aromatic rings. The van der Waals surface area contributed by atoms with Crippen LogP contribution in [-0.2, 0) is 6.42 Å². The largest absolute Gasteiger partial charge is 0.486 e. The van der Waals surface area contributed by atoms with Gasteiger partial charge in [-0.05, 0) is 75.0 Å². The normalized spacial score (nSPS) is 17.6. The number of para-hydroxylation sites is 1. The predicted molar refractivity (Wildman–Crippen MR) is 125 cm³/mol. The van der Waals surface area contributed by atoms with Crippen LogP contribution in [0.1, 0.15) is 30.5 Å². The topological polar surface area (TPSA) is 46.6 Å². The third kappa shape index (κ3) is 4.47. The fourth-order valence-corrected chi connectivity index (χ4v) is 4.64. The Morgan fingerprint density at radius 3 is 3.00 bits per heavy atom. The number of fused-ring (bicyclic) bond motifs is 4. The summed E-state index contributed by atoms with van der Waals surface area (Å²) in [7, 11) is 0. The summed E-state index contributed by atoms with van der Waals surface area (Å²) in [6, 6.07) is 16.9. The molecule has 1 unspecified atom stereocenters. The lowest BCUT2D eigenvalue weighted by Crippen LogP contribution is -2.39. The molecule has 2 aliphatic heterocycles. The summed E-state index contributed by atoms with van der Waals surface area (Å²) in [6.07, 6.45) is 4.86. The van der Waals surface area contributed by atoms with Crippen LogP contribution in [0, 0.1) is 6.92 Å². The fourth-order valence-electron chi connectivity index (χ4n) is 4.64. The van der Waals surface area contributed by atoms with Crippen molar-refractivity contribution < 1.29 is 9.47 Å². The number of pyridine rings is 1. The summed E-state index contributed by atoms with van der Waals surface area (Å²) >= 11 is 0. The second kappa shape index (κ2) is 9.15. The second-order valence-electron chi connectivity index (χ2n) is 8.59. The maximum Gasteiger partial charge on any atom is 0.171 e. The summed E-state index contributed by atoms with van der Waals surface area (Å²) in [5.74, 6) is 1.64. The lowest BCUT2D eigenvalue weighted by atomic mass is 10.0. The van der Waals surface area contributed by atoms with Crippen LogP contribution in [0.3, 0.4) is 0 Å². The Morgan fingerprint density at radius 2 is 2.03 bits per heavy atom. The van der Waals surface area contributed by atoms with E-state index in [1.54, 1.807) is 0 Å². The van der Waals surface area contributed by atoms with Crippen molar-refractivity contribution in [3.05, 3.63) is 59.8 Å². The Kier molecular flexibility index (Phi) is 5.94. The van der Waals surface area contributed by atoms with Crippen LogP contribution >= 0.6 is 0 Å². The van der Waals surface area contributed by atoms with E-state index in [9.17, 15) is 0 Å². The highest BCUT2D eigenvalue weighted by atomic mass is 16.6. The number of aromatic nitrogens is 1. The highest BCUT2D eigenvalue weighted by Crippen LogP contribution is 2.38. The first-order chi connectivity index (χ1) is 15.3. The molecule has 31 heavy (non-hydrogen) atoms. The number of rotatable bonds is 7. The second-order valence-corrected chi connectivity index (χ2v) is 8.59. The van der Waals surface area contributed by atoms with Crippen LogP contribution in [0.5, 0.6) is 11.5 Å². The third-order valence-electron chi connectivity index (χ3n) is 6.24. The van der Waals surface area contributed by atoms with Crippen molar-refractivity contribution in [1.29, 1.82) is 0 Å². The summed E-state index contributed by atoms with van der Waals surface area (Å²) < 4.78 is 12.3. The molecule has 1 atom stereocenters. The maximum absolute atomic E-state index is 6.29. The van der Waals surface area contributed by atoms with Crippen molar-refractivity contribution in [3.63, 3.8) is 0 Å². The van der Waals surface area contributed by atoms with E-state index in [-0.39, 0.29) is 6.10 Å². The molecule has 0 radical (unpaired) electrons. The molecule has 2 aromatic carbocycles. The van der Waals surface area contributed by atoms with E-state index in [0.29, 0.717) is 6.61 Å². The molecule has 0 saturated carbocycles. The van der Waals surface area contributed by atoms with Crippen LogP contribution in [0.15, 0.2) is 48.5 Å². The smallest absolute Gasteiger partial charge is 0.171 e. The molecule has 3 heterocycles. The minimum absolute atomic E-state index is 0.0216. The van der Waals surface area contributed by atoms with E-state index in [4.69, 9.17) is 9.47 Å². The summed E-state index contributed by atoms with van der Waals surface area (Å²) in [6.45, 7) is 6.69. The number of hydrogen-bond donors (Lipinski definition) is 1. The fraction of sp³-hybridized carbons (Fsp3) is 0.423. The Hall–Kier alpha value is -2.79. The first-order valence-corrected chi connectivity index (χ1v) is 11.5. The van der Waals surface area contributed by atoms with E-state index in [1.165, 1.54) is 37.1 Å². The molecule has 1 N–H and O–H groups in total. The van der Waals surface area contributed by atoms with Gasteiger partial charge in [-0.1, -0.05) is 18.2 Å². The first-order valence-electron chi connectivity index (χ1n) is 11.5. The van der Waals surface area contributed by atoms with Crippen molar-refractivity contribution in [2.24, 2.45) is 0 Å². The van der Waals surface area contributed by atoms with E-state index < -0.39 is 0 Å². The van der Waals surface area contributed by atoms with Crippen LogP contribution < -0.4 is 19.7 Å². The maximum atomic E-state index is 6.29. The molecular weight excluding hydrogens is 386 g/mol. The SMILES string of the molecule is Cc1ccc2c3c(ccc2n1)OCC(CNCCCCN1CCCc2ccccc21)O3. The lowest BCUT2D eigenvalue weighted by Gasteiger charge is -2.31. The molecular formula is C26H31N3O2. The van der Waals surface area contributed by atoms with Gasteiger partial charge in [0, 0.05) is 36.4 Å². The number of nitrogens with zero attached hydrogens (tertiary/aromatic N) is 2. The van der Waals surface area contributed by atoms with Crippen molar-refractivity contribution in [3.8, 4) is 11.5 Å². The van der Waals surface area contributed by atoms with Crippen molar-refractivity contribution in [1.82, 2.24) is 10.3 Å². The minimum Gasteiger partial charge on any atom is -0.486 e. The van der Waals surface area contributed by atoms with Gasteiger partial charge in [0.1, 0.15) is 12.7 Å². The number of ether oxygens (including phenoxy) is 2. The lowest BCUT2D eigenvalue weighted by molar-refractivity contribution is 0.0925. The van der Waals surface area contributed by atoms with E-state index >= 15 is 0 Å². The van der Waals surface area contributed by atoms with Crippen LogP contribution in [0.25, 0.3) is 10.9 Å². The zero-order chi connectivity index (χ0) is 21.0. The van der Waals surface area contributed by atoms with E-state index in [0.717, 1.165) is 54.2 Å². The molecule has 0 amide bonds. The summed E-state index contributed by atoms with van der Waals surface area (Å²) in [5.41, 5.74) is 4.90. The van der Waals surface area contributed by atoms with Gasteiger partial charge in [-0.25, -0.2) is 0 Å². The number of hydrogen-bond acceptors (Lipinski definition) is 5. The Morgan fingerprint density at radius 1 is 1.10 bits per heavy atom. The molecule has 5 rings (SSSR count). The van der Waals surface area contributed by atoms with Gasteiger partial charge in [0.15, 0.2) is 11.5 Å². The number of anilines is 1. The first kappa shape index (κ1) is 20.1. The zero-order valence-corrected chi connectivity index (χ0v) is 18.3. The number of benzene rings is 2. The van der Waals surface area contributed by atoms with Crippen molar-refractivity contribution >= 4 is 16.6 Å². The number of unbranched alkanes of at least 4 members (excludes halogenated alkanes) is 1. The molecule has 0 fully saturated rings. The highest BCUT2D eigenvalue weighted by molar-refractivity contribution is 5.88. The molecule has 2 aliphatic rings. The van der Waals surface area contributed by atoms with Crippen LogP contribution in [-0.4, -0.2) is 43.9 Å². The molecule has 0 aliphatic carbocycles. The quantitative estimate of drug-likeness (QED) is 0.574. The number of nitrogens with one attached hydrogen (secondary N) is 1. The van der Waals surface area contributed by atoms with Gasteiger partial charge in [0.05, 0.1) is 5.52 Å². The third-order valence-corrected chi connectivity index (χ3v) is 6.24. The van der Waals surface area contributed by atoms with Crippen LogP contribution in [0.2, 0.25) is 0 Å². The van der Waals surface area contributed by atoms with E-state index in [2.05, 4.69) is 45.5 Å². The van der Waals surface area contributed by atoms with Gasteiger partial charge in [-0.2, -0.15) is 0 Å². The summed E-state index contributed by atoms with van der Waals surface area (Å²) in [4.78, 5) is 7.15. The Labute approximate surface area is 184 Å². The highest BCUT2D eigenvalue weighted by Gasteiger charge is 2.23. The van der Waals surface area contributed by atoms with Gasteiger partial charge in [0.25, 0.3) is 0 Å². The van der Waals surface area contributed by atoms with Gasteiger partial charge in [-0.3, -0.25) is 4.98 Å². The molecule has 162 valence electrons. The van der Waals surface area contributed by atoms with Crippen molar-refractivity contribution in [2.45, 2.75) is 38.7 Å². The molecule has 5 nitrogen and oxygen atoms in total. The number of aryl methyl sites for hydroxylation is 2. The van der Waals surface area contributed by atoms with Gasteiger partial charge in [0.2, 0.25) is 0 Å². The standard InChI is InChI=1S/C26H31N3O2/c1-19-10-11-22-23(28-19)12-13-25-26(22)31-21(18-30-25)17-27-14-4-5-15-29-16-6-8-20-7-2-3-9-24(20)29/h2-3,7,9-13,21,27H,4-6,8,14-18H2,1H3. The van der Waals surface area contributed by atoms with E-state index in [1.807, 2.05) is 25.1 Å². The molecule has 0 bridgehead atoms. The van der Waals surface area contributed by atoms with Crippen LogP contribution in [0.4, 0.5) is 5.69 Å². The van der Waals surface area contributed by atoms with Crippen molar-refractivity contribution in [2.75, 3.05) is 37.7 Å². The average molecular weight is 418 g/mol. The monoisotopic (exact) mass is 417 g/mol. The van der Waals surface area contributed by atoms with Gasteiger partial charge < -0.3 is 19.7 Å². The average Bonchev–Trinajstić information content (AvgIpc) is 2.81. The molecule has 1 aromatic heterocycles. The Bertz CT molecular complexity index is 1050.